The normalized spacial score (nSPS) is 10.3. The zero-order valence-electron chi connectivity index (χ0n) is 11.8. The van der Waals surface area contributed by atoms with Crippen LogP contribution >= 0.6 is 15.9 Å². The molecular formula is C16H15BrFNO2. The highest BCUT2D eigenvalue weighted by Crippen LogP contribution is 2.20. The van der Waals surface area contributed by atoms with Crippen molar-refractivity contribution in [1.29, 1.82) is 0 Å². The number of amides is 1. The van der Waals surface area contributed by atoms with E-state index in [-0.39, 0.29) is 15.9 Å². The molecule has 0 aliphatic carbocycles. The largest absolute Gasteiger partial charge is 0.497 e. The van der Waals surface area contributed by atoms with Gasteiger partial charge in [-0.2, -0.15) is 0 Å². The summed E-state index contributed by atoms with van der Waals surface area (Å²) in [6, 6.07) is 12.1. The minimum absolute atomic E-state index is 0.0559. The lowest BCUT2D eigenvalue weighted by Gasteiger charge is -2.18. The summed E-state index contributed by atoms with van der Waals surface area (Å²) in [5, 5.41) is 0. The zero-order chi connectivity index (χ0) is 15.4. The molecular weight excluding hydrogens is 337 g/mol. The van der Waals surface area contributed by atoms with Crippen molar-refractivity contribution in [3.05, 3.63) is 63.9 Å². The van der Waals surface area contributed by atoms with Gasteiger partial charge >= 0.3 is 0 Å². The van der Waals surface area contributed by atoms with Crippen molar-refractivity contribution in [3.63, 3.8) is 0 Å². The zero-order valence-corrected chi connectivity index (χ0v) is 13.4. The highest BCUT2D eigenvalue weighted by Gasteiger charge is 2.17. The van der Waals surface area contributed by atoms with E-state index in [1.54, 1.807) is 26.3 Å². The number of benzene rings is 2. The molecule has 0 aromatic heterocycles. The predicted octanol–water partition coefficient (Wildman–Crippen LogP) is 3.87. The Labute approximate surface area is 131 Å². The first-order chi connectivity index (χ1) is 10.0. The summed E-state index contributed by atoms with van der Waals surface area (Å²) in [5.41, 5.74) is 1.00. The fourth-order valence-corrected chi connectivity index (χ4v) is 2.32. The molecule has 3 nitrogen and oxygen atoms in total. The van der Waals surface area contributed by atoms with Gasteiger partial charge in [-0.3, -0.25) is 4.79 Å². The summed E-state index contributed by atoms with van der Waals surface area (Å²) in [5.74, 6) is -0.139. The van der Waals surface area contributed by atoms with Crippen LogP contribution in [0, 0.1) is 5.82 Å². The minimum Gasteiger partial charge on any atom is -0.497 e. The van der Waals surface area contributed by atoms with Crippen molar-refractivity contribution in [3.8, 4) is 5.75 Å². The van der Waals surface area contributed by atoms with Crippen LogP contribution in [0.5, 0.6) is 5.75 Å². The van der Waals surface area contributed by atoms with Gasteiger partial charge in [-0.15, -0.1) is 0 Å². The third kappa shape index (κ3) is 3.61. The summed E-state index contributed by atoms with van der Waals surface area (Å²) in [4.78, 5) is 13.8. The summed E-state index contributed by atoms with van der Waals surface area (Å²) in [6.07, 6.45) is 0. The van der Waals surface area contributed by atoms with Gasteiger partial charge in [0.2, 0.25) is 0 Å². The van der Waals surface area contributed by atoms with Crippen molar-refractivity contribution in [2.24, 2.45) is 0 Å². The highest BCUT2D eigenvalue weighted by molar-refractivity contribution is 9.10. The van der Waals surface area contributed by atoms with Gasteiger partial charge in [0.25, 0.3) is 5.91 Å². The fourth-order valence-electron chi connectivity index (χ4n) is 1.95. The maximum Gasteiger partial charge on any atom is 0.256 e. The number of carbonyl (C=O) groups excluding carboxylic acids is 1. The predicted molar refractivity (Wildman–Crippen MR) is 82.9 cm³/mol. The Bertz CT molecular complexity index is 643. The number of rotatable bonds is 4. The molecule has 2 aromatic rings. The van der Waals surface area contributed by atoms with Crippen molar-refractivity contribution in [1.82, 2.24) is 4.90 Å². The van der Waals surface area contributed by atoms with Crippen molar-refractivity contribution in [2.75, 3.05) is 14.2 Å². The number of ether oxygens (including phenoxy) is 1. The lowest BCUT2D eigenvalue weighted by Crippen LogP contribution is -2.27. The van der Waals surface area contributed by atoms with Crippen molar-refractivity contribution >= 4 is 21.8 Å². The van der Waals surface area contributed by atoms with E-state index in [0.717, 1.165) is 11.3 Å². The molecule has 0 saturated carbocycles. The van der Waals surface area contributed by atoms with Crippen LogP contribution < -0.4 is 4.74 Å². The smallest absolute Gasteiger partial charge is 0.256 e. The molecule has 0 fully saturated rings. The number of halogens is 2. The Hall–Kier alpha value is -1.88. The molecule has 0 heterocycles. The standard InChI is InChI=1S/C16H15BrFNO2/c1-19(10-11-6-8-12(21-2)9-7-11)16(20)13-4-3-5-14(17)15(13)18/h3-9H,10H2,1-2H3. The third-order valence-corrected chi connectivity index (χ3v) is 3.72. The summed E-state index contributed by atoms with van der Waals surface area (Å²) < 4.78 is 19.3. The second kappa shape index (κ2) is 6.72. The highest BCUT2D eigenvalue weighted by atomic mass is 79.9. The Morgan fingerprint density at radius 2 is 1.90 bits per heavy atom. The van der Waals surface area contributed by atoms with Crippen LogP contribution in [0.15, 0.2) is 46.9 Å². The van der Waals surface area contributed by atoms with Crippen LogP contribution in [-0.2, 0) is 6.54 Å². The van der Waals surface area contributed by atoms with Crippen LogP contribution in [0.2, 0.25) is 0 Å². The van der Waals surface area contributed by atoms with E-state index in [1.807, 2.05) is 24.3 Å². The van der Waals surface area contributed by atoms with Crippen LogP contribution in [0.1, 0.15) is 15.9 Å². The average Bonchev–Trinajstić information content (AvgIpc) is 2.50. The van der Waals surface area contributed by atoms with E-state index < -0.39 is 5.82 Å². The van der Waals surface area contributed by atoms with Gasteiger partial charge in [-0.05, 0) is 45.8 Å². The Morgan fingerprint density at radius 1 is 1.24 bits per heavy atom. The first-order valence-corrected chi connectivity index (χ1v) is 7.14. The Kier molecular flexibility index (Phi) is 4.96. The molecule has 0 spiro atoms. The molecule has 0 unspecified atom stereocenters. The van der Waals surface area contributed by atoms with E-state index in [2.05, 4.69) is 15.9 Å². The van der Waals surface area contributed by atoms with Gasteiger partial charge in [0.1, 0.15) is 11.6 Å². The van der Waals surface area contributed by atoms with Crippen molar-refractivity contribution in [2.45, 2.75) is 6.54 Å². The molecule has 0 aliphatic heterocycles. The van der Waals surface area contributed by atoms with Gasteiger partial charge < -0.3 is 9.64 Å². The second-order valence-corrected chi connectivity index (χ2v) is 5.47. The first-order valence-electron chi connectivity index (χ1n) is 6.35. The van der Waals surface area contributed by atoms with E-state index in [9.17, 15) is 9.18 Å². The van der Waals surface area contributed by atoms with Gasteiger partial charge in [0, 0.05) is 13.6 Å². The van der Waals surface area contributed by atoms with E-state index >= 15 is 0 Å². The van der Waals surface area contributed by atoms with E-state index in [1.165, 1.54) is 11.0 Å². The van der Waals surface area contributed by atoms with Gasteiger partial charge in [-0.25, -0.2) is 4.39 Å². The summed E-state index contributed by atoms with van der Waals surface area (Å²) >= 11 is 3.09. The maximum absolute atomic E-state index is 13.9. The van der Waals surface area contributed by atoms with Crippen LogP contribution in [0.25, 0.3) is 0 Å². The minimum atomic E-state index is -0.538. The Morgan fingerprint density at radius 3 is 2.52 bits per heavy atom. The molecule has 0 saturated heterocycles. The lowest BCUT2D eigenvalue weighted by molar-refractivity contribution is 0.0780. The van der Waals surface area contributed by atoms with Gasteiger partial charge in [-0.1, -0.05) is 18.2 Å². The Balaban J connectivity index is 2.13. The topological polar surface area (TPSA) is 29.5 Å². The number of methoxy groups -OCH3 is 1. The number of nitrogens with zero attached hydrogens (tertiary/aromatic N) is 1. The molecule has 0 aliphatic rings. The third-order valence-electron chi connectivity index (χ3n) is 3.11. The summed E-state index contributed by atoms with van der Waals surface area (Å²) in [6.45, 7) is 0.398. The molecule has 2 rings (SSSR count). The van der Waals surface area contributed by atoms with E-state index in [0.29, 0.717) is 6.54 Å². The number of carbonyl (C=O) groups is 1. The molecule has 0 N–H and O–H groups in total. The quantitative estimate of drug-likeness (QED) is 0.836. The molecule has 5 heteroatoms. The lowest BCUT2D eigenvalue weighted by atomic mass is 10.1. The first kappa shape index (κ1) is 15.5. The maximum atomic E-state index is 13.9. The van der Waals surface area contributed by atoms with Gasteiger partial charge in [0.05, 0.1) is 17.1 Å². The average molecular weight is 352 g/mol. The molecule has 1 amide bonds. The SMILES string of the molecule is COc1ccc(CN(C)C(=O)c2cccc(Br)c2F)cc1. The molecule has 21 heavy (non-hydrogen) atoms. The molecule has 2 aromatic carbocycles. The monoisotopic (exact) mass is 351 g/mol. The van der Waals surface area contributed by atoms with Crippen LogP contribution in [0.4, 0.5) is 4.39 Å². The summed E-state index contributed by atoms with van der Waals surface area (Å²) in [7, 11) is 3.24. The second-order valence-electron chi connectivity index (χ2n) is 4.61. The van der Waals surface area contributed by atoms with Crippen LogP contribution in [0.3, 0.4) is 0 Å². The number of hydrogen-bond acceptors (Lipinski definition) is 2. The van der Waals surface area contributed by atoms with E-state index in [4.69, 9.17) is 4.74 Å². The van der Waals surface area contributed by atoms with Crippen LogP contribution in [-0.4, -0.2) is 25.0 Å². The fraction of sp³-hybridized carbons (Fsp3) is 0.188. The number of hydrogen-bond donors (Lipinski definition) is 0. The molecule has 0 atom stereocenters. The molecule has 110 valence electrons. The molecule has 0 bridgehead atoms. The molecule has 0 radical (unpaired) electrons. The van der Waals surface area contributed by atoms with Gasteiger partial charge in [0.15, 0.2) is 0 Å². The van der Waals surface area contributed by atoms with Crippen molar-refractivity contribution < 1.29 is 13.9 Å².